The van der Waals surface area contributed by atoms with Gasteiger partial charge in [-0.25, -0.2) is 4.98 Å². The molecule has 1 aliphatic rings. The maximum absolute atomic E-state index is 12.0. The highest BCUT2D eigenvalue weighted by Gasteiger charge is 2.44. The van der Waals surface area contributed by atoms with E-state index in [1.807, 2.05) is 0 Å². The number of hydrogen-bond donors (Lipinski definition) is 7. The fourth-order valence-corrected chi connectivity index (χ4v) is 3.86. The molecule has 0 bridgehead atoms. The minimum absolute atomic E-state index is 0.0206. The monoisotopic (exact) mass is 510 g/mol. The lowest BCUT2D eigenvalue weighted by molar-refractivity contribution is -0.118. The molecule has 0 spiro atoms. The number of halogens is 1. The summed E-state index contributed by atoms with van der Waals surface area (Å²) in [6, 6.07) is 0. The van der Waals surface area contributed by atoms with Gasteiger partial charge in [-0.05, 0) is 6.42 Å². The normalized spacial score (nSPS) is 22.0. The summed E-state index contributed by atoms with van der Waals surface area (Å²) >= 11 is 5.39. The van der Waals surface area contributed by atoms with Gasteiger partial charge in [0.25, 0.3) is 16.4 Å². The lowest BCUT2D eigenvalue weighted by Crippen LogP contribution is -2.41. The molecule has 0 radical (unpaired) electrons. The molecule has 16 heteroatoms. The summed E-state index contributed by atoms with van der Waals surface area (Å²) in [5.41, 5.74) is 3.75. The van der Waals surface area contributed by atoms with Crippen LogP contribution in [0.15, 0.2) is 20.7 Å². The van der Waals surface area contributed by atoms with Crippen LogP contribution in [0.2, 0.25) is 0 Å². The van der Waals surface area contributed by atoms with E-state index >= 15 is 0 Å². The number of aromatic nitrogens is 4. The van der Waals surface area contributed by atoms with Gasteiger partial charge in [0.15, 0.2) is 17.4 Å². The SMILES string of the molecule is Nc1nc2c(ncn2[C@@H]2O[C@H](CNc3c(NCCCNC(=O)CCl)c(=O)c3=O)[C@@H](O)[C@H]2O)c(=O)[nH]1. The topological polar surface area (TPSA) is 227 Å². The standard InChI is InChI=1S/C19H23ClN8O7/c20-4-8(29)22-2-1-3-23-9-10(14(32)13(9)31)24-5-7-12(30)15(33)18(35-7)28-6-25-11-16(28)26-19(21)27-17(11)34/h6-7,12,15,18,23-24,30,33H,1-5H2,(H,22,29)(H3,21,26,27,34)/t7-,12-,15-,18-/m1/s1. The van der Waals surface area contributed by atoms with Gasteiger partial charge in [0.05, 0.1) is 6.33 Å². The van der Waals surface area contributed by atoms with Crippen LogP contribution in [0.25, 0.3) is 11.2 Å². The molecule has 4 rings (SSSR count). The van der Waals surface area contributed by atoms with Gasteiger partial charge < -0.3 is 36.6 Å². The minimum Gasteiger partial charge on any atom is -0.387 e. The number of nitrogens with zero attached hydrogens (tertiary/aromatic N) is 3. The second kappa shape index (κ2) is 9.99. The number of H-pyrrole nitrogens is 1. The third kappa shape index (κ3) is 4.70. The van der Waals surface area contributed by atoms with Gasteiger partial charge in [0.2, 0.25) is 11.9 Å². The van der Waals surface area contributed by atoms with Crippen molar-refractivity contribution in [2.75, 3.05) is 41.9 Å². The molecule has 2 aromatic heterocycles. The van der Waals surface area contributed by atoms with Crippen LogP contribution in [0, 0.1) is 0 Å². The fourth-order valence-electron chi connectivity index (χ4n) is 3.77. The second-order valence-corrected chi connectivity index (χ2v) is 8.14. The fraction of sp³-hybridized carbons (Fsp3) is 0.474. The van der Waals surface area contributed by atoms with Crippen LogP contribution in [-0.2, 0) is 9.53 Å². The number of aliphatic hydroxyl groups is 2. The van der Waals surface area contributed by atoms with Crippen LogP contribution in [0.5, 0.6) is 0 Å². The smallest absolute Gasteiger partial charge is 0.280 e. The van der Waals surface area contributed by atoms with Crippen molar-refractivity contribution >= 4 is 46.0 Å². The second-order valence-electron chi connectivity index (χ2n) is 7.87. The van der Waals surface area contributed by atoms with Crippen LogP contribution in [-0.4, -0.2) is 79.5 Å². The number of hydrogen-bond acceptors (Lipinski definition) is 12. The Hall–Kier alpha value is -3.53. The summed E-state index contributed by atoms with van der Waals surface area (Å²) in [5.74, 6) is -0.616. The number of fused-ring (bicyclic) bond motifs is 1. The zero-order chi connectivity index (χ0) is 25.3. The van der Waals surface area contributed by atoms with E-state index in [2.05, 4.69) is 30.9 Å². The molecule has 35 heavy (non-hydrogen) atoms. The molecule has 3 heterocycles. The van der Waals surface area contributed by atoms with Crippen molar-refractivity contribution in [3.8, 4) is 0 Å². The number of aliphatic hydroxyl groups excluding tert-OH is 2. The summed E-state index contributed by atoms with van der Waals surface area (Å²) in [5, 5.41) is 29.2. The van der Waals surface area contributed by atoms with Crippen molar-refractivity contribution < 1.29 is 19.7 Å². The molecule has 0 aliphatic carbocycles. The molecule has 15 nitrogen and oxygen atoms in total. The molecular formula is C19H23ClN8O7. The first-order chi connectivity index (χ1) is 16.7. The molecule has 1 aromatic carbocycles. The molecule has 8 N–H and O–H groups in total. The van der Waals surface area contributed by atoms with E-state index in [0.29, 0.717) is 19.5 Å². The maximum Gasteiger partial charge on any atom is 0.280 e. The van der Waals surface area contributed by atoms with Crippen LogP contribution in [0.4, 0.5) is 17.3 Å². The van der Waals surface area contributed by atoms with Gasteiger partial charge in [-0.2, -0.15) is 4.98 Å². The van der Waals surface area contributed by atoms with E-state index in [0.717, 1.165) is 0 Å². The Bertz CT molecular complexity index is 1360. The number of amides is 1. The average molecular weight is 511 g/mol. The number of nitrogen functional groups attached to an aromatic ring is 1. The van der Waals surface area contributed by atoms with E-state index < -0.39 is 41.0 Å². The molecule has 3 aromatic rings. The van der Waals surface area contributed by atoms with E-state index in [4.69, 9.17) is 22.1 Å². The molecule has 4 atom stereocenters. The number of nitrogens with two attached hydrogens (primary N) is 1. The lowest BCUT2D eigenvalue weighted by atomic mass is 10.1. The van der Waals surface area contributed by atoms with Gasteiger partial charge in [0, 0.05) is 19.6 Å². The molecule has 1 amide bonds. The summed E-state index contributed by atoms with van der Waals surface area (Å²) < 4.78 is 7.04. The molecule has 1 fully saturated rings. The third-order valence-corrected chi connectivity index (χ3v) is 5.79. The number of nitrogens with one attached hydrogen (secondary N) is 4. The van der Waals surface area contributed by atoms with Crippen LogP contribution >= 0.6 is 11.6 Å². The predicted octanol–water partition coefficient (Wildman–Crippen LogP) is -2.81. The van der Waals surface area contributed by atoms with Gasteiger partial charge in [-0.15, -0.1) is 11.6 Å². The number of ether oxygens (including phenoxy) is 1. The number of carbonyl (C=O) groups excluding carboxylic acids is 1. The van der Waals surface area contributed by atoms with Crippen LogP contribution in [0.1, 0.15) is 12.6 Å². The number of imidazole rings is 1. The van der Waals surface area contributed by atoms with Gasteiger partial charge in [-0.3, -0.25) is 28.7 Å². The van der Waals surface area contributed by atoms with Crippen molar-refractivity contribution in [2.24, 2.45) is 0 Å². The number of aromatic amines is 1. The minimum atomic E-state index is -1.41. The average Bonchev–Trinajstić information content (AvgIpc) is 3.38. The first kappa shape index (κ1) is 24.6. The van der Waals surface area contributed by atoms with E-state index in [-0.39, 0.29) is 46.8 Å². The highest BCUT2D eigenvalue weighted by Crippen LogP contribution is 2.31. The van der Waals surface area contributed by atoms with E-state index in [9.17, 15) is 29.4 Å². The Morgan fingerprint density at radius 2 is 1.89 bits per heavy atom. The Balaban J connectivity index is 1.39. The third-order valence-electron chi connectivity index (χ3n) is 5.55. The zero-order valence-corrected chi connectivity index (χ0v) is 18.9. The van der Waals surface area contributed by atoms with Crippen molar-refractivity contribution in [2.45, 2.75) is 31.0 Å². The summed E-state index contributed by atoms with van der Waals surface area (Å²) in [7, 11) is 0. The molecule has 0 unspecified atom stereocenters. The van der Waals surface area contributed by atoms with Crippen LogP contribution < -0.4 is 38.1 Å². The van der Waals surface area contributed by atoms with Crippen molar-refractivity contribution in [1.82, 2.24) is 24.8 Å². The number of carbonyl (C=O) groups is 1. The van der Waals surface area contributed by atoms with Crippen LogP contribution in [0.3, 0.4) is 0 Å². The zero-order valence-electron chi connectivity index (χ0n) is 18.2. The first-order valence-electron chi connectivity index (χ1n) is 10.6. The highest BCUT2D eigenvalue weighted by atomic mass is 35.5. The Morgan fingerprint density at radius 3 is 2.60 bits per heavy atom. The quantitative estimate of drug-likeness (QED) is 0.0832. The molecule has 1 aliphatic heterocycles. The number of rotatable bonds is 10. The van der Waals surface area contributed by atoms with Crippen molar-refractivity contribution in [3.63, 3.8) is 0 Å². The Morgan fingerprint density at radius 1 is 1.17 bits per heavy atom. The molecule has 1 saturated heterocycles. The van der Waals surface area contributed by atoms with Gasteiger partial charge >= 0.3 is 0 Å². The van der Waals surface area contributed by atoms with E-state index in [1.165, 1.54) is 10.9 Å². The van der Waals surface area contributed by atoms with Crippen molar-refractivity contribution in [1.29, 1.82) is 0 Å². The summed E-state index contributed by atoms with van der Waals surface area (Å²) in [6.07, 6.45) is -3.16. The largest absolute Gasteiger partial charge is 0.387 e. The number of anilines is 3. The summed E-state index contributed by atoms with van der Waals surface area (Å²) in [4.78, 5) is 57.3. The highest BCUT2D eigenvalue weighted by molar-refractivity contribution is 6.27. The van der Waals surface area contributed by atoms with Gasteiger partial charge in [0.1, 0.15) is 35.6 Å². The maximum atomic E-state index is 12.0. The Kier molecular flexibility index (Phi) is 7.02. The lowest BCUT2D eigenvalue weighted by Gasteiger charge is -2.19. The molecular weight excluding hydrogens is 488 g/mol. The van der Waals surface area contributed by atoms with Gasteiger partial charge in [-0.1, -0.05) is 0 Å². The first-order valence-corrected chi connectivity index (χ1v) is 11.1. The van der Waals surface area contributed by atoms with E-state index in [1.54, 1.807) is 0 Å². The Labute approximate surface area is 201 Å². The van der Waals surface area contributed by atoms with Crippen molar-refractivity contribution in [3.05, 3.63) is 37.1 Å². The number of alkyl halides is 1. The molecule has 188 valence electrons. The predicted molar refractivity (Wildman–Crippen MR) is 125 cm³/mol. The molecule has 0 saturated carbocycles. The summed E-state index contributed by atoms with van der Waals surface area (Å²) in [6.45, 7) is 0.546.